The van der Waals surface area contributed by atoms with Gasteiger partial charge in [0.25, 0.3) is 9.05 Å². The zero-order valence-corrected chi connectivity index (χ0v) is 53.1. The predicted molar refractivity (Wildman–Crippen MR) is 332 cm³/mol. The number of aliphatic hydroxyl groups excluding tert-OH is 1. The summed E-state index contributed by atoms with van der Waals surface area (Å²) in [7, 11) is 1.34. The third-order valence-corrected chi connectivity index (χ3v) is 10.1. The van der Waals surface area contributed by atoms with Gasteiger partial charge in [0, 0.05) is 39.8 Å². The Balaban J connectivity index is -0.000000166. The van der Waals surface area contributed by atoms with Gasteiger partial charge in [-0.3, -0.25) is 9.44 Å². The van der Waals surface area contributed by atoms with Gasteiger partial charge in [-0.2, -0.15) is 13.3 Å². The van der Waals surface area contributed by atoms with Crippen molar-refractivity contribution >= 4 is 86.2 Å². The summed E-state index contributed by atoms with van der Waals surface area (Å²) in [6.45, 7) is 29.6. The fraction of sp³-hybridized carbons (Fsp3) is 0.491. The van der Waals surface area contributed by atoms with Crippen molar-refractivity contribution in [3.8, 4) is 35.0 Å². The summed E-state index contributed by atoms with van der Waals surface area (Å²) in [6.07, 6.45) is 2.28. The number of carbonyl (C=O) groups excluding carboxylic acids is 3. The highest BCUT2D eigenvalue weighted by atomic mass is 79.9. The van der Waals surface area contributed by atoms with E-state index >= 15 is 0 Å². The van der Waals surface area contributed by atoms with Crippen LogP contribution in [0.25, 0.3) is 0 Å². The number of phenols is 1. The highest BCUT2D eigenvalue weighted by Gasteiger charge is 2.34. The number of ether oxygens (including phenoxy) is 6. The third-order valence-electron chi connectivity index (χ3n) is 8.51. The average Bonchev–Trinajstić information content (AvgIpc) is 3.33. The van der Waals surface area contributed by atoms with Crippen molar-refractivity contribution in [2.45, 2.75) is 160 Å². The van der Waals surface area contributed by atoms with E-state index in [9.17, 15) is 22.8 Å². The molecule has 0 radical (unpaired) electrons. The first kappa shape index (κ1) is 89.8. The van der Waals surface area contributed by atoms with Crippen LogP contribution < -0.4 is 14.2 Å². The molecule has 0 aliphatic rings. The van der Waals surface area contributed by atoms with E-state index in [4.69, 9.17) is 62.3 Å². The number of phenolic OH excluding ortho intramolecular Hbond substituents is 1. The molecular weight excluding hydrogens is 1220 g/mol. The fourth-order valence-electron chi connectivity index (χ4n) is 4.86. The molecule has 4 aromatic carbocycles. The van der Waals surface area contributed by atoms with Crippen molar-refractivity contribution in [3.63, 3.8) is 0 Å². The lowest BCUT2D eigenvalue weighted by molar-refractivity contribution is -0.232. The van der Waals surface area contributed by atoms with Gasteiger partial charge >= 0.3 is 27.2 Å². The zero-order chi connectivity index (χ0) is 61.5. The van der Waals surface area contributed by atoms with Crippen LogP contribution in [0.5, 0.6) is 23.0 Å². The normalized spacial score (nSPS) is 9.96. The number of aryl methyl sites for hydroxylation is 4. The minimum Gasteiger partial charge on any atom is -0.508 e. The number of thiol groups is 1. The van der Waals surface area contributed by atoms with E-state index in [0.717, 1.165) is 21.6 Å². The van der Waals surface area contributed by atoms with Gasteiger partial charge in [-0.25, -0.2) is 22.8 Å². The number of alkyl halides is 1. The lowest BCUT2D eigenvalue weighted by Crippen LogP contribution is -2.39. The summed E-state index contributed by atoms with van der Waals surface area (Å²) < 4.78 is 79.4. The van der Waals surface area contributed by atoms with Gasteiger partial charge in [0.05, 0.1) is 31.3 Å². The van der Waals surface area contributed by atoms with Gasteiger partial charge in [-0.05, 0) is 180 Å². The lowest BCUT2D eigenvalue weighted by Gasteiger charge is -2.25. The first-order valence-electron chi connectivity index (χ1n) is 23.6. The van der Waals surface area contributed by atoms with E-state index in [1.807, 2.05) is 88.1 Å². The van der Waals surface area contributed by atoms with E-state index in [0.29, 0.717) is 48.4 Å². The zero-order valence-electron chi connectivity index (χ0n) is 47.5. The molecule has 0 saturated carbocycles. The monoisotopic (exact) mass is 1310 g/mol. The van der Waals surface area contributed by atoms with Crippen molar-refractivity contribution in [1.82, 2.24) is 0 Å². The molecule has 0 aromatic heterocycles. The molecule has 24 heteroatoms. The molecule has 0 fully saturated rings. The van der Waals surface area contributed by atoms with Gasteiger partial charge in [-0.1, -0.05) is 80.5 Å². The summed E-state index contributed by atoms with van der Waals surface area (Å²) in [6, 6.07) is 24.5. The first-order chi connectivity index (χ1) is 36.0. The van der Waals surface area contributed by atoms with Crippen LogP contribution in [0.3, 0.4) is 0 Å². The number of halogens is 3. The first-order valence-corrected chi connectivity index (χ1v) is 30.3. The van der Waals surface area contributed by atoms with Gasteiger partial charge in [0.1, 0.15) is 23.0 Å². The molecule has 0 spiro atoms. The van der Waals surface area contributed by atoms with Crippen LogP contribution in [0.2, 0.25) is 0 Å². The third kappa shape index (κ3) is 44.3. The maximum atomic E-state index is 11.7. The molecule has 4 aromatic rings. The maximum absolute atomic E-state index is 11.7. The van der Waals surface area contributed by atoms with Gasteiger partial charge < -0.3 is 38.6 Å². The number of carbonyl (C=O) groups is 3. The number of hydrogen-bond donors (Lipinski definition) is 4. The second-order valence-corrected chi connectivity index (χ2v) is 21.5. The van der Waals surface area contributed by atoms with Crippen LogP contribution >= 0.6 is 49.9 Å². The molecule has 0 aliphatic heterocycles. The number of rotatable bonds is 15. The molecule has 466 valence electrons. The van der Waals surface area contributed by atoms with Crippen LogP contribution in [0.15, 0.2) is 94.7 Å². The maximum Gasteiger partial charge on any atom is 0.353 e. The Hall–Kier alpha value is -4.96. The van der Waals surface area contributed by atoms with Gasteiger partial charge in [0.2, 0.25) is 0 Å². The quantitative estimate of drug-likeness (QED) is 0.00824. The van der Waals surface area contributed by atoms with E-state index < -0.39 is 41.2 Å². The number of aromatic hydroxyl groups is 1. The molecule has 0 heterocycles. The van der Waals surface area contributed by atoms with Crippen LogP contribution in [-0.2, 0) is 56.8 Å². The number of benzene rings is 4. The van der Waals surface area contributed by atoms with Crippen LogP contribution in [-0.4, -0.2) is 105 Å². The Morgan fingerprint density at radius 1 is 0.580 bits per heavy atom. The van der Waals surface area contributed by atoms with Gasteiger partial charge in [-0.15, -0.1) is 12.6 Å². The van der Waals surface area contributed by atoms with Crippen LogP contribution in [0.4, 0.5) is 0 Å². The Morgan fingerprint density at radius 3 is 1.20 bits per heavy atom. The predicted octanol–water partition coefficient (Wildman–Crippen LogP) is 13.9. The summed E-state index contributed by atoms with van der Waals surface area (Å²) in [4.78, 5) is 44.6. The van der Waals surface area contributed by atoms with Crippen molar-refractivity contribution in [3.05, 3.63) is 107 Å². The van der Waals surface area contributed by atoms with Crippen molar-refractivity contribution < 1.29 is 84.2 Å². The molecule has 18 nitrogen and oxygen atoms in total. The number of aliphatic hydroxyl groups is 1. The SMILES string of the molecule is C.C.C.CBr.CC#COOCC.CCO.CCOC(=O)C(C)(C)Oc1ccc(S(=O)(=O)Cl)cc1C.CCOC(=O)C(C)(C)Oc1ccc(S)cc1C.CCOC(=O)C(C)(C)Oc1ccccc1C.Cc1ccccc1O.O=S(=O)(O)Cl. The number of hydrogen-bond acceptors (Lipinski definition) is 18. The molecule has 0 aliphatic carbocycles. The average molecular weight is 1310 g/mol. The molecule has 0 bridgehead atoms. The molecule has 81 heavy (non-hydrogen) atoms. The standard InChI is InChI=1S/C13H17ClO5S.C13H18O3S.C13H18O3.C7H8O.C5H8O2.C2H6O.CH3Br.3CH4.ClHO3S/c1-5-18-12(15)13(3,4)19-11-7-6-10(8-9(11)2)20(14,16)17;1-5-15-12(14)13(3,4)16-11-7-6-10(17)8-9(11)2;1-5-15-12(14)13(3,4)16-11-9-7-6-8-10(11)2;1-6-4-2-3-5-7(6)8;1-3-5-7-6-4-2;1-2-3;1-2;;;;1-5(2,3)4/h6-8H,5H2,1-4H3;6-8,17H,5H2,1-4H3;6-9H,5H2,1-4H3;2-5,8H,1H3;4H2,1-2H3;3H,2H2,1H3;1H3;3*1H4;(H,2,3,4). The molecule has 4 rings (SSSR count). The summed E-state index contributed by atoms with van der Waals surface area (Å²) in [5.41, 5.74) is 0.315. The van der Waals surface area contributed by atoms with E-state index in [2.05, 4.69) is 61.0 Å². The number of para-hydroxylation sites is 2. The molecule has 0 saturated heterocycles. The van der Waals surface area contributed by atoms with Crippen molar-refractivity contribution in [2.75, 3.05) is 38.9 Å². The van der Waals surface area contributed by atoms with Crippen molar-refractivity contribution in [1.29, 1.82) is 0 Å². The minimum atomic E-state index is -4.19. The van der Waals surface area contributed by atoms with Gasteiger partial charge in [0.15, 0.2) is 22.9 Å². The molecular formula is C57H91BrCl2O18S3. The largest absolute Gasteiger partial charge is 0.508 e. The molecule has 0 unspecified atom stereocenters. The summed E-state index contributed by atoms with van der Waals surface area (Å²) in [5.74, 6) is 5.25. The fourth-order valence-corrected chi connectivity index (χ4v) is 5.97. The summed E-state index contributed by atoms with van der Waals surface area (Å²) in [5, 5.41) is 16.5. The van der Waals surface area contributed by atoms with E-state index in [1.54, 1.807) is 95.2 Å². The molecule has 0 atom stereocenters. The second-order valence-electron chi connectivity index (χ2n) is 16.4. The van der Waals surface area contributed by atoms with E-state index in [1.165, 1.54) is 18.2 Å². The number of esters is 3. The Morgan fingerprint density at radius 2 is 0.914 bits per heavy atom. The second kappa shape index (κ2) is 47.5. The smallest absolute Gasteiger partial charge is 0.353 e. The summed E-state index contributed by atoms with van der Waals surface area (Å²) >= 11 is 7.18. The topological polar surface area (TPSA) is 254 Å². The molecule has 3 N–H and O–H groups in total. The molecule has 0 amide bonds. The Labute approximate surface area is 508 Å². The van der Waals surface area contributed by atoms with Crippen LogP contribution in [0, 0.1) is 39.7 Å². The highest BCUT2D eigenvalue weighted by Crippen LogP contribution is 2.29. The Kier molecular flexibility index (Phi) is 52.7. The van der Waals surface area contributed by atoms with Crippen LogP contribution in [0.1, 0.15) is 128 Å². The van der Waals surface area contributed by atoms with E-state index in [-0.39, 0.29) is 52.3 Å². The lowest BCUT2D eigenvalue weighted by atomic mass is 10.1. The van der Waals surface area contributed by atoms with Crippen molar-refractivity contribution in [2.24, 2.45) is 0 Å². The Bertz CT molecular complexity index is 2630. The minimum absolute atomic E-state index is 0. The highest BCUT2D eigenvalue weighted by molar-refractivity contribution is 9.08.